The summed E-state index contributed by atoms with van der Waals surface area (Å²) < 4.78 is 13.5. The highest BCUT2D eigenvalue weighted by molar-refractivity contribution is 14.1. The Balaban J connectivity index is 2.86. The lowest BCUT2D eigenvalue weighted by atomic mass is 10.0. The van der Waals surface area contributed by atoms with Gasteiger partial charge in [0.05, 0.1) is 12.1 Å². The second-order valence-electron chi connectivity index (χ2n) is 2.92. The van der Waals surface area contributed by atoms with E-state index < -0.39 is 18.8 Å². The van der Waals surface area contributed by atoms with E-state index in [1.807, 2.05) is 0 Å². The van der Waals surface area contributed by atoms with Gasteiger partial charge >= 0.3 is 0 Å². The van der Waals surface area contributed by atoms with Crippen LogP contribution in [0.4, 0.5) is 4.39 Å². The summed E-state index contributed by atoms with van der Waals surface area (Å²) in [5.74, 6) is 0. The molecule has 0 amide bonds. The molecule has 0 aliphatic rings. The zero-order valence-corrected chi connectivity index (χ0v) is 9.87. The minimum Gasteiger partial charge on any atom is -0.388 e. The fraction of sp³-hybridized carbons (Fsp3) is 0.333. The minimum atomic E-state index is -1.09. The maximum atomic E-state index is 12.4. The van der Waals surface area contributed by atoms with Crippen molar-refractivity contribution in [1.29, 1.82) is 0 Å². The number of nitrogens with zero attached hydrogens (tertiary/aromatic N) is 3. The van der Waals surface area contributed by atoms with Gasteiger partial charge < -0.3 is 5.11 Å². The van der Waals surface area contributed by atoms with Crippen molar-refractivity contribution in [2.75, 3.05) is 6.67 Å². The van der Waals surface area contributed by atoms with Crippen LogP contribution < -0.4 is 0 Å². The van der Waals surface area contributed by atoms with E-state index in [0.717, 1.165) is 3.57 Å². The molecule has 1 N–H and O–H groups in total. The Labute approximate surface area is 99.9 Å². The van der Waals surface area contributed by atoms with Crippen molar-refractivity contribution in [3.63, 3.8) is 0 Å². The molecule has 0 bridgehead atoms. The second kappa shape index (κ2) is 5.89. The van der Waals surface area contributed by atoms with E-state index in [9.17, 15) is 9.50 Å². The van der Waals surface area contributed by atoms with Gasteiger partial charge in [0.15, 0.2) is 0 Å². The molecule has 1 aromatic rings. The number of halogens is 2. The Kier molecular flexibility index (Phi) is 4.80. The van der Waals surface area contributed by atoms with Crippen molar-refractivity contribution in [3.8, 4) is 0 Å². The van der Waals surface area contributed by atoms with Gasteiger partial charge in [-0.15, -0.1) is 0 Å². The van der Waals surface area contributed by atoms with Crippen molar-refractivity contribution < 1.29 is 9.50 Å². The first-order valence-electron chi connectivity index (χ1n) is 4.22. The Morgan fingerprint density at radius 1 is 1.47 bits per heavy atom. The second-order valence-corrected chi connectivity index (χ2v) is 4.17. The Morgan fingerprint density at radius 2 is 2.07 bits per heavy atom. The monoisotopic (exact) mass is 321 g/mol. The quantitative estimate of drug-likeness (QED) is 0.394. The summed E-state index contributed by atoms with van der Waals surface area (Å²) in [4.78, 5) is 2.49. The fourth-order valence-electron chi connectivity index (χ4n) is 1.13. The fourth-order valence-corrected chi connectivity index (χ4v) is 1.49. The Bertz CT molecular complexity index is 364. The molecule has 0 unspecified atom stereocenters. The number of benzene rings is 1. The number of aliphatic hydroxyl groups is 1. The summed E-state index contributed by atoms with van der Waals surface area (Å²) in [6.45, 7) is -0.878. The van der Waals surface area contributed by atoms with E-state index in [2.05, 4.69) is 32.6 Å². The molecule has 0 saturated heterocycles. The highest BCUT2D eigenvalue weighted by Crippen LogP contribution is 2.20. The minimum absolute atomic E-state index is 0.547. The lowest BCUT2D eigenvalue weighted by Gasteiger charge is -2.15. The summed E-state index contributed by atoms with van der Waals surface area (Å²) in [7, 11) is 0. The number of alkyl halides is 1. The van der Waals surface area contributed by atoms with Crippen LogP contribution in [-0.2, 0) is 0 Å². The maximum Gasteiger partial charge on any atom is 0.101 e. The normalized spacial score (nSPS) is 14.1. The van der Waals surface area contributed by atoms with Crippen LogP contribution in [0.3, 0.4) is 0 Å². The first-order chi connectivity index (χ1) is 7.19. The Hall–Kier alpha value is -0.850. The van der Waals surface area contributed by atoms with Crippen LogP contribution in [0.1, 0.15) is 11.7 Å². The van der Waals surface area contributed by atoms with Gasteiger partial charge in [-0.1, -0.05) is 17.2 Å². The maximum absolute atomic E-state index is 12.4. The molecule has 0 saturated carbocycles. The SMILES string of the molecule is [N-]=[N+]=N[C@H](CF)[C@H](O)c1ccc(I)cc1. The van der Waals surface area contributed by atoms with Crippen LogP contribution in [-0.4, -0.2) is 17.8 Å². The topological polar surface area (TPSA) is 69.0 Å². The molecular weight excluding hydrogens is 312 g/mol. The summed E-state index contributed by atoms with van der Waals surface area (Å²) in [5, 5.41) is 12.9. The lowest BCUT2D eigenvalue weighted by molar-refractivity contribution is 0.132. The smallest absolute Gasteiger partial charge is 0.101 e. The van der Waals surface area contributed by atoms with Crippen molar-refractivity contribution in [3.05, 3.63) is 43.8 Å². The van der Waals surface area contributed by atoms with Crippen LogP contribution in [0.2, 0.25) is 0 Å². The van der Waals surface area contributed by atoms with Gasteiger partial charge in [0.2, 0.25) is 0 Å². The number of aliphatic hydroxyl groups excluding tert-OH is 1. The third-order valence-electron chi connectivity index (χ3n) is 1.93. The van der Waals surface area contributed by atoms with Crippen LogP contribution in [0, 0.1) is 3.57 Å². The summed E-state index contributed by atoms with van der Waals surface area (Å²) >= 11 is 2.13. The van der Waals surface area contributed by atoms with E-state index in [0.29, 0.717) is 5.56 Å². The number of hydrogen-bond acceptors (Lipinski definition) is 2. The molecule has 1 aromatic carbocycles. The van der Waals surface area contributed by atoms with Crippen molar-refractivity contribution >= 4 is 22.6 Å². The van der Waals surface area contributed by atoms with Crippen LogP contribution in [0.5, 0.6) is 0 Å². The van der Waals surface area contributed by atoms with Gasteiger partial charge in [0, 0.05) is 8.48 Å². The number of hydrogen-bond donors (Lipinski definition) is 1. The average Bonchev–Trinajstić information content (AvgIpc) is 2.26. The van der Waals surface area contributed by atoms with E-state index in [1.165, 1.54) is 0 Å². The molecule has 0 radical (unpaired) electrons. The highest BCUT2D eigenvalue weighted by Gasteiger charge is 2.19. The van der Waals surface area contributed by atoms with Crippen LogP contribution >= 0.6 is 22.6 Å². The molecular formula is C9H9FIN3O. The average molecular weight is 321 g/mol. The highest BCUT2D eigenvalue weighted by atomic mass is 127. The molecule has 0 aromatic heterocycles. The first kappa shape index (κ1) is 12.2. The van der Waals surface area contributed by atoms with Crippen molar-refractivity contribution in [2.45, 2.75) is 12.1 Å². The van der Waals surface area contributed by atoms with E-state index in [-0.39, 0.29) is 0 Å². The summed E-state index contributed by atoms with van der Waals surface area (Å²) in [6, 6.07) is 5.90. The molecule has 0 aliphatic carbocycles. The molecule has 15 heavy (non-hydrogen) atoms. The third kappa shape index (κ3) is 3.33. The zero-order chi connectivity index (χ0) is 11.3. The van der Waals surface area contributed by atoms with E-state index in [4.69, 9.17) is 5.53 Å². The molecule has 6 heteroatoms. The molecule has 1 rings (SSSR count). The predicted octanol–water partition coefficient (Wildman–Crippen LogP) is 2.97. The number of azide groups is 1. The molecule has 0 fully saturated rings. The first-order valence-corrected chi connectivity index (χ1v) is 5.30. The standard InChI is InChI=1S/C9H9FIN3O/c10-5-8(13-14-12)9(15)6-1-3-7(11)4-2-6/h1-4,8-9,15H,5H2/t8-,9-/m1/s1. The van der Waals surface area contributed by atoms with Gasteiger partial charge in [0.25, 0.3) is 0 Å². The molecule has 4 nitrogen and oxygen atoms in total. The molecule has 2 atom stereocenters. The van der Waals surface area contributed by atoms with Crippen molar-refractivity contribution in [1.82, 2.24) is 0 Å². The predicted molar refractivity (Wildman–Crippen MR) is 63.0 cm³/mol. The van der Waals surface area contributed by atoms with Gasteiger partial charge in [0.1, 0.15) is 6.67 Å². The summed E-state index contributed by atoms with van der Waals surface area (Å²) in [6.07, 6.45) is -1.09. The third-order valence-corrected chi connectivity index (χ3v) is 2.65. The van der Waals surface area contributed by atoms with Crippen LogP contribution in [0.25, 0.3) is 10.4 Å². The molecule has 80 valence electrons. The van der Waals surface area contributed by atoms with Gasteiger partial charge in [-0.3, -0.25) is 4.39 Å². The Morgan fingerprint density at radius 3 is 2.53 bits per heavy atom. The zero-order valence-electron chi connectivity index (χ0n) is 7.72. The number of rotatable bonds is 4. The largest absolute Gasteiger partial charge is 0.388 e. The lowest BCUT2D eigenvalue weighted by Crippen LogP contribution is -2.17. The van der Waals surface area contributed by atoms with E-state index >= 15 is 0 Å². The molecule has 0 spiro atoms. The van der Waals surface area contributed by atoms with Gasteiger partial charge in [-0.25, -0.2) is 0 Å². The van der Waals surface area contributed by atoms with Gasteiger partial charge in [-0.2, -0.15) is 0 Å². The van der Waals surface area contributed by atoms with Crippen LogP contribution in [0.15, 0.2) is 29.4 Å². The van der Waals surface area contributed by atoms with E-state index in [1.54, 1.807) is 24.3 Å². The van der Waals surface area contributed by atoms with Crippen molar-refractivity contribution in [2.24, 2.45) is 5.11 Å². The van der Waals surface area contributed by atoms with Gasteiger partial charge in [-0.05, 0) is 45.8 Å². The summed E-state index contributed by atoms with van der Waals surface area (Å²) in [5.41, 5.74) is 8.73. The molecule has 0 heterocycles. The molecule has 0 aliphatic heterocycles.